The zero-order valence-corrected chi connectivity index (χ0v) is 11.6. The Hall–Kier alpha value is -0.380. The molecule has 1 rings (SSSR count). The molecule has 0 spiro atoms. The molecule has 1 aliphatic carbocycles. The molecule has 0 N–H and O–H groups in total. The van der Waals surface area contributed by atoms with E-state index >= 15 is 0 Å². The van der Waals surface area contributed by atoms with Gasteiger partial charge in [0.2, 0.25) is 0 Å². The summed E-state index contributed by atoms with van der Waals surface area (Å²) in [5.74, 6) is -27.2. The van der Waals surface area contributed by atoms with Crippen molar-refractivity contribution in [1.82, 2.24) is 0 Å². The third-order valence-corrected chi connectivity index (χ3v) is 4.52. The van der Waals surface area contributed by atoms with Gasteiger partial charge in [-0.05, 0) is 15.9 Å². The average Bonchev–Trinajstić information content (AvgIpc) is 2.28. The number of hydrogen-bond acceptors (Lipinski definition) is 3. The summed E-state index contributed by atoms with van der Waals surface area (Å²) in [4.78, 5) is 0. The standard InChI is InChI=1S/C6BrF11O3S/c7-1(8)2(9,10)3(11,12)4(13,14)5(1,15)21-22(19,20)6(16,17)18. The molecule has 0 radical (unpaired) electrons. The topological polar surface area (TPSA) is 43.4 Å². The van der Waals surface area contributed by atoms with Crippen LogP contribution in [0, 0.1) is 0 Å². The first kappa shape index (κ1) is 19.7. The predicted octanol–water partition coefficient (Wildman–Crippen LogP) is 3.50. The second kappa shape index (κ2) is 4.37. The average molecular weight is 441 g/mol. The molecule has 0 aromatic carbocycles. The number of rotatable bonds is 2. The molecule has 1 fully saturated rings. The van der Waals surface area contributed by atoms with Gasteiger partial charge in [-0.2, -0.15) is 52.3 Å². The van der Waals surface area contributed by atoms with E-state index in [1.165, 1.54) is 0 Å². The summed E-state index contributed by atoms with van der Waals surface area (Å²) in [6.45, 7) is 0. The summed E-state index contributed by atoms with van der Waals surface area (Å²) in [6, 6.07) is 0. The Balaban J connectivity index is 3.64. The lowest BCUT2D eigenvalue weighted by Crippen LogP contribution is -2.57. The molecule has 0 aromatic heterocycles. The summed E-state index contributed by atoms with van der Waals surface area (Å²) in [5.41, 5.74) is -6.68. The van der Waals surface area contributed by atoms with Crippen molar-refractivity contribution in [2.45, 2.75) is 33.7 Å². The van der Waals surface area contributed by atoms with Crippen LogP contribution in [-0.4, -0.2) is 42.1 Å². The van der Waals surface area contributed by atoms with E-state index in [1.807, 2.05) is 0 Å². The van der Waals surface area contributed by atoms with Gasteiger partial charge in [0.05, 0.1) is 0 Å². The maximum Gasteiger partial charge on any atom is 0.523 e. The van der Waals surface area contributed by atoms with Gasteiger partial charge in [0.25, 0.3) is 4.58 Å². The molecule has 1 aliphatic rings. The van der Waals surface area contributed by atoms with Crippen LogP contribution >= 0.6 is 15.9 Å². The zero-order valence-electron chi connectivity index (χ0n) is 9.17. The summed E-state index contributed by atoms with van der Waals surface area (Å²) < 4.78 is 157. The first-order valence-corrected chi connectivity index (χ1v) is 6.63. The maximum absolute atomic E-state index is 13.7. The molecule has 16 heteroatoms. The second-order valence-electron chi connectivity index (χ2n) is 3.88. The molecule has 3 nitrogen and oxygen atoms in total. The van der Waals surface area contributed by atoms with Gasteiger partial charge < -0.3 is 0 Å². The van der Waals surface area contributed by atoms with Crippen LogP contribution in [0.3, 0.4) is 0 Å². The molecule has 0 saturated heterocycles. The van der Waals surface area contributed by atoms with Crippen LogP contribution in [0.2, 0.25) is 0 Å². The van der Waals surface area contributed by atoms with Crippen LogP contribution in [0.4, 0.5) is 48.3 Å². The van der Waals surface area contributed by atoms with Gasteiger partial charge in [-0.3, -0.25) is 0 Å². The molecule has 2 unspecified atom stereocenters. The Labute approximate surface area is 121 Å². The normalized spacial score (nSPS) is 37.3. The molecule has 2 atom stereocenters. The Morgan fingerprint density at radius 1 is 0.773 bits per heavy atom. The Bertz CT molecular complexity index is 553. The van der Waals surface area contributed by atoms with E-state index in [0.717, 1.165) is 15.9 Å². The van der Waals surface area contributed by atoms with Crippen molar-refractivity contribution >= 4 is 26.0 Å². The van der Waals surface area contributed by atoms with Gasteiger partial charge >= 0.3 is 39.2 Å². The highest BCUT2D eigenvalue weighted by Gasteiger charge is 3.01. The lowest BCUT2D eigenvalue weighted by atomic mass is 10.2. The summed E-state index contributed by atoms with van der Waals surface area (Å²) in [5, 5.41) is 0. The minimum atomic E-state index is -7.47. The number of halogens is 12. The van der Waals surface area contributed by atoms with Crippen molar-refractivity contribution in [2.24, 2.45) is 0 Å². The van der Waals surface area contributed by atoms with Crippen molar-refractivity contribution in [3.63, 3.8) is 0 Å². The Kier molecular flexibility index (Phi) is 3.91. The number of hydrogen-bond donors (Lipinski definition) is 0. The zero-order chi connectivity index (χ0) is 18.2. The fraction of sp³-hybridized carbons (Fsp3) is 1.00. The van der Waals surface area contributed by atoms with E-state index in [-0.39, 0.29) is 0 Å². The van der Waals surface area contributed by atoms with E-state index in [4.69, 9.17) is 0 Å². The highest BCUT2D eigenvalue weighted by Crippen LogP contribution is 2.71. The molecule has 0 bridgehead atoms. The minimum Gasteiger partial charge on any atom is -0.217 e. The number of alkyl halides is 12. The summed E-state index contributed by atoms with van der Waals surface area (Å²) >= 11 is 0.749. The second-order valence-corrected chi connectivity index (χ2v) is 6.51. The lowest BCUT2D eigenvalue weighted by Gasteiger charge is -2.31. The van der Waals surface area contributed by atoms with Crippen molar-refractivity contribution in [2.75, 3.05) is 0 Å². The smallest absolute Gasteiger partial charge is 0.217 e. The van der Waals surface area contributed by atoms with E-state index in [1.54, 1.807) is 0 Å². The van der Waals surface area contributed by atoms with Crippen LogP contribution < -0.4 is 0 Å². The molecule has 132 valence electrons. The highest BCUT2D eigenvalue weighted by atomic mass is 79.9. The van der Waals surface area contributed by atoms with E-state index in [0.29, 0.717) is 0 Å². The highest BCUT2D eigenvalue weighted by molar-refractivity contribution is 9.10. The van der Waals surface area contributed by atoms with Crippen molar-refractivity contribution in [1.29, 1.82) is 0 Å². The molecule has 0 aromatic rings. The fourth-order valence-electron chi connectivity index (χ4n) is 1.30. The molecular weight excluding hydrogens is 441 g/mol. The minimum absolute atomic E-state index is 0.749. The Morgan fingerprint density at radius 3 is 1.36 bits per heavy atom. The lowest BCUT2D eigenvalue weighted by molar-refractivity contribution is -0.312. The van der Waals surface area contributed by atoms with Crippen molar-refractivity contribution in [3.05, 3.63) is 0 Å². The van der Waals surface area contributed by atoms with Gasteiger partial charge in [-0.25, -0.2) is 8.57 Å². The first-order chi connectivity index (χ1) is 9.21. The van der Waals surface area contributed by atoms with E-state index in [9.17, 15) is 56.7 Å². The van der Waals surface area contributed by atoms with Gasteiger partial charge in [-0.1, -0.05) is 0 Å². The third-order valence-electron chi connectivity index (χ3n) is 2.50. The fourth-order valence-corrected chi connectivity index (χ4v) is 2.60. The quantitative estimate of drug-likeness (QED) is 0.285. The van der Waals surface area contributed by atoms with Gasteiger partial charge in [-0.15, -0.1) is 0 Å². The molecule has 0 heterocycles. The molecular formula is C6BrF11O3S. The summed E-state index contributed by atoms with van der Waals surface area (Å²) in [7, 11) is -7.47. The van der Waals surface area contributed by atoms with Gasteiger partial charge in [0.15, 0.2) is 0 Å². The van der Waals surface area contributed by atoms with Gasteiger partial charge in [0.1, 0.15) is 0 Å². The van der Waals surface area contributed by atoms with Crippen LogP contribution in [-0.2, 0) is 14.3 Å². The Morgan fingerprint density at radius 2 is 1.14 bits per heavy atom. The van der Waals surface area contributed by atoms with Crippen LogP contribution in [0.25, 0.3) is 0 Å². The maximum atomic E-state index is 13.7. The van der Waals surface area contributed by atoms with Crippen molar-refractivity contribution < 1.29 is 60.9 Å². The largest absolute Gasteiger partial charge is 0.523 e. The monoisotopic (exact) mass is 440 g/mol. The van der Waals surface area contributed by atoms with E-state index < -0.39 is 43.8 Å². The van der Waals surface area contributed by atoms with Crippen LogP contribution in [0.5, 0.6) is 0 Å². The molecule has 1 saturated carbocycles. The van der Waals surface area contributed by atoms with Crippen LogP contribution in [0.1, 0.15) is 0 Å². The van der Waals surface area contributed by atoms with E-state index in [2.05, 4.69) is 4.18 Å². The predicted molar refractivity (Wildman–Crippen MR) is 47.5 cm³/mol. The first-order valence-electron chi connectivity index (χ1n) is 4.43. The SMILES string of the molecule is O=S(=O)(OC1(F)C(F)(F)C(F)(F)C(F)(F)C1(F)Br)C(F)(F)F. The summed E-state index contributed by atoms with van der Waals surface area (Å²) in [6.07, 6.45) is 0. The van der Waals surface area contributed by atoms with Crippen molar-refractivity contribution in [3.8, 4) is 0 Å². The molecule has 0 aliphatic heterocycles. The van der Waals surface area contributed by atoms with Crippen LogP contribution in [0.15, 0.2) is 0 Å². The molecule has 22 heavy (non-hydrogen) atoms. The third kappa shape index (κ3) is 1.91. The van der Waals surface area contributed by atoms with Gasteiger partial charge in [0, 0.05) is 0 Å². The molecule has 0 amide bonds.